The first kappa shape index (κ1) is 10.6. The molecule has 2 atom stereocenters. The Balaban J connectivity index is 1.96. The van der Waals surface area contributed by atoms with E-state index in [0.29, 0.717) is 0 Å². The Kier molecular flexibility index (Phi) is 4.93. The van der Waals surface area contributed by atoms with Gasteiger partial charge in [0.2, 0.25) is 0 Å². The summed E-state index contributed by atoms with van der Waals surface area (Å²) in [5.41, 5.74) is 0. The highest BCUT2D eigenvalue weighted by Gasteiger charge is 2.34. The molecule has 1 saturated carbocycles. The topological polar surface area (TPSA) is 20.2 Å². The van der Waals surface area contributed by atoms with E-state index in [4.69, 9.17) is 5.11 Å². The van der Waals surface area contributed by atoms with Gasteiger partial charge in [-0.1, -0.05) is 38.5 Å². The lowest BCUT2D eigenvalue weighted by atomic mass is 10.1. The van der Waals surface area contributed by atoms with Gasteiger partial charge in [0.05, 0.1) is 0 Å². The second-order valence-electron chi connectivity index (χ2n) is 3.97. The van der Waals surface area contributed by atoms with Gasteiger partial charge in [0.1, 0.15) is 6.61 Å². The van der Waals surface area contributed by atoms with Crippen molar-refractivity contribution >= 4 is 0 Å². The maximum absolute atomic E-state index is 8.47. The maximum Gasteiger partial charge on any atom is 0.104 e. The van der Waals surface area contributed by atoms with Crippen LogP contribution in [0.5, 0.6) is 0 Å². The lowest BCUT2D eigenvalue weighted by molar-refractivity contribution is 0.350. The molecule has 0 spiro atoms. The van der Waals surface area contributed by atoms with Crippen LogP contribution in [0.25, 0.3) is 0 Å². The van der Waals surface area contributed by atoms with Crippen molar-refractivity contribution in [2.45, 2.75) is 45.4 Å². The van der Waals surface area contributed by atoms with Crippen molar-refractivity contribution < 1.29 is 5.11 Å². The van der Waals surface area contributed by atoms with Gasteiger partial charge in [-0.25, -0.2) is 0 Å². The fourth-order valence-electron chi connectivity index (χ4n) is 1.83. The van der Waals surface area contributed by atoms with Crippen LogP contribution >= 0.6 is 0 Å². The van der Waals surface area contributed by atoms with Crippen LogP contribution in [0.4, 0.5) is 0 Å². The van der Waals surface area contributed by atoms with Crippen molar-refractivity contribution in [1.82, 2.24) is 0 Å². The van der Waals surface area contributed by atoms with Gasteiger partial charge in [-0.05, 0) is 18.3 Å². The van der Waals surface area contributed by atoms with E-state index in [1.54, 1.807) is 0 Å². The van der Waals surface area contributed by atoms with Crippen LogP contribution in [0.1, 0.15) is 45.4 Å². The Bertz CT molecular complexity index is 187. The molecule has 1 fully saturated rings. The Morgan fingerprint density at radius 3 is 2.77 bits per heavy atom. The molecule has 1 heteroatoms. The lowest BCUT2D eigenvalue weighted by Crippen LogP contribution is -1.83. The van der Waals surface area contributed by atoms with Crippen LogP contribution in [-0.2, 0) is 0 Å². The molecule has 0 unspecified atom stereocenters. The summed E-state index contributed by atoms with van der Waals surface area (Å²) >= 11 is 0. The third-order valence-corrected chi connectivity index (χ3v) is 2.82. The average Bonchev–Trinajstić information content (AvgIpc) is 2.85. The summed E-state index contributed by atoms with van der Waals surface area (Å²) in [6, 6.07) is 0. The van der Waals surface area contributed by atoms with Crippen LogP contribution in [0, 0.1) is 23.7 Å². The van der Waals surface area contributed by atoms with E-state index >= 15 is 0 Å². The van der Waals surface area contributed by atoms with Crippen molar-refractivity contribution in [3.05, 3.63) is 0 Å². The Morgan fingerprint density at radius 2 is 2.08 bits per heavy atom. The van der Waals surface area contributed by atoms with Gasteiger partial charge in [-0.2, -0.15) is 0 Å². The lowest BCUT2D eigenvalue weighted by Gasteiger charge is -1.96. The largest absolute Gasteiger partial charge is 0.384 e. The minimum atomic E-state index is 0.0211. The molecule has 0 saturated heterocycles. The molecule has 74 valence electrons. The number of hydrogen-bond donors (Lipinski definition) is 1. The van der Waals surface area contributed by atoms with E-state index in [1.807, 2.05) is 0 Å². The molecule has 0 bridgehead atoms. The van der Waals surface area contributed by atoms with Crippen LogP contribution in [0.3, 0.4) is 0 Å². The van der Waals surface area contributed by atoms with Crippen molar-refractivity contribution in [2.75, 3.05) is 6.61 Å². The van der Waals surface area contributed by atoms with Gasteiger partial charge >= 0.3 is 0 Å². The molecule has 1 aliphatic rings. The highest BCUT2D eigenvalue weighted by molar-refractivity contribution is 5.03. The van der Waals surface area contributed by atoms with Crippen molar-refractivity contribution in [1.29, 1.82) is 0 Å². The van der Waals surface area contributed by atoms with Crippen molar-refractivity contribution in [3.8, 4) is 11.8 Å². The quantitative estimate of drug-likeness (QED) is 0.509. The monoisotopic (exact) mass is 180 g/mol. The molecule has 0 aromatic carbocycles. The molecule has 1 N–H and O–H groups in total. The second-order valence-corrected chi connectivity index (χ2v) is 3.97. The summed E-state index contributed by atoms with van der Waals surface area (Å²) in [7, 11) is 0. The number of aliphatic hydroxyl groups is 1. The number of rotatable bonds is 5. The third-order valence-electron chi connectivity index (χ3n) is 2.82. The fraction of sp³-hybridized carbons (Fsp3) is 0.833. The smallest absolute Gasteiger partial charge is 0.104 e. The Labute approximate surface area is 81.5 Å². The molecule has 1 rings (SSSR count). The molecular formula is C12H20O. The molecule has 0 radical (unpaired) electrons. The van der Waals surface area contributed by atoms with Crippen molar-refractivity contribution in [2.24, 2.45) is 11.8 Å². The molecule has 0 amide bonds. The van der Waals surface area contributed by atoms with E-state index in [2.05, 4.69) is 18.8 Å². The average molecular weight is 180 g/mol. The van der Waals surface area contributed by atoms with E-state index in [0.717, 1.165) is 18.3 Å². The summed E-state index contributed by atoms with van der Waals surface area (Å²) in [6.45, 7) is 2.27. The molecular weight excluding hydrogens is 160 g/mol. The van der Waals surface area contributed by atoms with Crippen molar-refractivity contribution in [3.63, 3.8) is 0 Å². The molecule has 0 aliphatic heterocycles. The molecule has 1 nitrogen and oxygen atoms in total. The number of unbranched alkanes of at least 4 members (excludes halogenated alkanes) is 2. The standard InChI is InChI=1S/C12H20O/c1-2-3-4-7-11-10-12(11)8-5-6-9-13/h11-13H,2-4,7-10H2,1H3/t11-,12-/m0/s1. The zero-order chi connectivity index (χ0) is 9.52. The predicted octanol–water partition coefficient (Wildman–Crippen LogP) is 2.59. The summed E-state index contributed by atoms with van der Waals surface area (Å²) < 4.78 is 0. The second kappa shape index (κ2) is 6.05. The normalized spacial score (nSPS) is 25.1. The summed E-state index contributed by atoms with van der Waals surface area (Å²) in [6.07, 6.45) is 7.89. The summed E-state index contributed by atoms with van der Waals surface area (Å²) in [5.74, 6) is 7.55. The first-order valence-corrected chi connectivity index (χ1v) is 5.45. The first-order valence-electron chi connectivity index (χ1n) is 5.45. The Hall–Kier alpha value is -0.480. The molecule has 1 aliphatic carbocycles. The third kappa shape index (κ3) is 4.33. The van der Waals surface area contributed by atoms with E-state index < -0.39 is 0 Å². The Morgan fingerprint density at radius 1 is 1.23 bits per heavy atom. The zero-order valence-corrected chi connectivity index (χ0v) is 8.55. The zero-order valence-electron chi connectivity index (χ0n) is 8.55. The molecule has 0 aromatic heterocycles. The van der Waals surface area contributed by atoms with Gasteiger partial charge in [0.15, 0.2) is 0 Å². The van der Waals surface area contributed by atoms with E-state index in [9.17, 15) is 0 Å². The van der Waals surface area contributed by atoms with Gasteiger partial charge in [0.25, 0.3) is 0 Å². The van der Waals surface area contributed by atoms with Crippen LogP contribution in [0.2, 0.25) is 0 Å². The van der Waals surface area contributed by atoms with Crippen LogP contribution in [0.15, 0.2) is 0 Å². The van der Waals surface area contributed by atoms with Crippen LogP contribution in [-0.4, -0.2) is 11.7 Å². The summed E-state index contributed by atoms with van der Waals surface area (Å²) in [5, 5.41) is 8.47. The highest BCUT2D eigenvalue weighted by atomic mass is 16.2. The van der Waals surface area contributed by atoms with E-state index in [1.165, 1.54) is 32.1 Å². The van der Waals surface area contributed by atoms with Crippen LogP contribution < -0.4 is 0 Å². The molecule has 0 aromatic rings. The molecule has 13 heavy (non-hydrogen) atoms. The SMILES string of the molecule is CCCCC[C@H]1C[C@@H]1CC#CCO. The first-order chi connectivity index (χ1) is 6.38. The summed E-state index contributed by atoms with van der Waals surface area (Å²) in [4.78, 5) is 0. The number of hydrogen-bond acceptors (Lipinski definition) is 1. The highest BCUT2D eigenvalue weighted by Crippen LogP contribution is 2.44. The van der Waals surface area contributed by atoms with E-state index in [-0.39, 0.29) is 6.61 Å². The minimum absolute atomic E-state index is 0.0211. The fourth-order valence-corrected chi connectivity index (χ4v) is 1.83. The number of aliphatic hydroxyl groups excluding tert-OH is 1. The predicted molar refractivity (Wildman–Crippen MR) is 55.2 cm³/mol. The molecule has 0 heterocycles. The van der Waals surface area contributed by atoms with Gasteiger partial charge in [-0.3, -0.25) is 0 Å². The van der Waals surface area contributed by atoms with Gasteiger partial charge < -0.3 is 5.11 Å². The maximum atomic E-state index is 8.47. The van der Waals surface area contributed by atoms with Gasteiger partial charge in [0, 0.05) is 6.42 Å². The minimum Gasteiger partial charge on any atom is -0.384 e. The van der Waals surface area contributed by atoms with Gasteiger partial charge in [-0.15, -0.1) is 5.92 Å².